The highest BCUT2D eigenvalue weighted by Gasteiger charge is 2.05. The Hall–Kier alpha value is -2.21. The summed E-state index contributed by atoms with van der Waals surface area (Å²) in [5.74, 6) is 1.82. The van der Waals surface area contributed by atoms with Gasteiger partial charge in [-0.3, -0.25) is 4.98 Å². The number of ether oxygens (including phenoxy) is 2. The van der Waals surface area contributed by atoms with Gasteiger partial charge in [0.1, 0.15) is 12.4 Å². The van der Waals surface area contributed by atoms with E-state index in [1.807, 2.05) is 25.1 Å². The Kier molecular flexibility index (Phi) is 5.25. The SMILES string of the molecule is CCOc1cc(NCc2ccccn2)nc(COC)n1. The van der Waals surface area contributed by atoms with E-state index in [0.717, 1.165) is 5.69 Å². The molecule has 0 spiro atoms. The number of aromatic nitrogens is 3. The van der Waals surface area contributed by atoms with Gasteiger partial charge in [0, 0.05) is 19.4 Å². The molecule has 2 aromatic heterocycles. The molecule has 2 aromatic rings. The Labute approximate surface area is 118 Å². The first-order chi connectivity index (χ1) is 9.81. The van der Waals surface area contributed by atoms with Crippen molar-refractivity contribution >= 4 is 5.82 Å². The Balaban J connectivity index is 2.09. The van der Waals surface area contributed by atoms with Crippen molar-refractivity contribution in [2.75, 3.05) is 19.0 Å². The molecule has 0 unspecified atom stereocenters. The number of nitrogens with zero attached hydrogens (tertiary/aromatic N) is 3. The molecule has 0 saturated heterocycles. The summed E-state index contributed by atoms with van der Waals surface area (Å²) in [6.07, 6.45) is 1.76. The summed E-state index contributed by atoms with van der Waals surface area (Å²) in [5, 5.41) is 3.21. The zero-order chi connectivity index (χ0) is 14.2. The number of hydrogen-bond donors (Lipinski definition) is 1. The molecule has 0 atom stereocenters. The van der Waals surface area contributed by atoms with Crippen LogP contribution in [0.3, 0.4) is 0 Å². The van der Waals surface area contributed by atoms with Crippen molar-refractivity contribution in [2.24, 2.45) is 0 Å². The van der Waals surface area contributed by atoms with Gasteiger partial charge in [-0.15, -0.1) is 0 Å². The average molecular weight is 274 g/mol. The Morgan fingerprint density at radius 1 is 1.25 bits per heavy atom. The Bertz CT molecular complexity index is 510. The molecule has 0 amide bonds. The van der Waals surface area contributed by atoms with Gasteiger partial charge >= 0.3 is 0 Å². The van der Waals surface area contributed by atoms with Crippen molar-refractivity contribution in [3.8, 4) is 5.88 Å². The van der Waals surface area contributed by atoms with Gasteiger partial charge < -0.3 is 14.8 Å². The van der Waals surface area contributed by atoms with Crippen LogP contribution in [0.1, 0.15) is 18.4 Å². The Morgan fingerprint density at radius 3 is 2.85 bits per heavy atom. The Morgan fingerprint density at radius 2 is 2.15 bits per heavy atom. The predicted octanol–water partition coefficient (Wildman–Crippen LogP) is 2.03. The third-order valence-electron chi connectivity index (χ3n) is 2.49. The highest BCUT2D eigenvalue weighted by atomic mass is 16.5. The molecule has 0 radical (unpaired) electrons. The minimum absolute atomic E-state index is 0.346. The van der Waals surface area contributed by atoms with E-state index in [-0.39, 0.29) is 0 Å². The zero-order valence-corrected chi connectivity index (χ0v) is 11.7. The molecular weight excluding hydrogens is 256 g/mol. The second-order valence-corrected chi connectivity index (χ2v) is 4.05. The van der Waals surface area contributed by atoms with Crippen molar-refractivity contribution in [3.05, 3.63) is 42.0 Å². The van der Waals surface area contributed by atoms with E-state index >= 15 is 0 Å². The number of rotatable bonds is 7. The quantitative estimate of drug-likeness (QED) is 0.833. The van der Waals surface area contributed by atoms with Crippen LogP contribution in [0.15, 0.2) is 30.5 Å². The van der Waals surface area contributed by atoms with Crippen molar-refractivity contribution in [1.29, 1.82) is 0 Å². The van der Waals surface area contributed by atoms with Gasteiger partial charge in [-0.05, 0) is 19.1 Å². The van der Waals surface area contributed by atoms with E-state index in [4.69, 9.17) is 9.47 Å². The van der Waals surface area contributed by atoms with Gasteiger partial charge in [0.2, 0.25) is 5.88 Å². The van der Waals surface area contributed by atoms with E-state index in [1.165, 1.54) is 0 Å². The number of pyridine rings is 1. The van der Waals surface area contributed by atoms with Gasteiger partial charge in [-0.2, -0.15) is 4.98 Å². The molecule has 0 aromatic carbocycles. The maximum absolute atomic E-state index is 5.42. The molecule has 0 bridgehead atoms. The van der Waals surface area contributed by atoms with E-state index < -0.39 is 0 Å². The fourth-order valence-corrected chi connectivity index (χ4v) is 1.66. The molecule has 0 aliphatic heterocycles. The summed E-state index contributed by atoms with van der Waals surface area (Å²) in [7, 11) is 1.61. The summed E-state index contributed by atoms with van der Waals surface area (Å²) in [5.41, 5.74) is 0.942. The average Bonchev–Trinajstić information content (AvgIpc) is 2.47. The largest absolute Gasteiger partial charge is 0.478 e. The first kappa shape index (κ1) is 14.2. The maximum Gasteiger partial charge on any atom is 0.218 e. The molecule has 2 rings (SSSR count). The summed E-state index contributed by atoms with van der Waals surface area (Å²) in [4.78, 5) is 12.9. The lowest BCUT2D eigenvalue weighted by Crippen LogP contribution is -2.07. The smallest absolute Gasteiger partial charge is 0.218 e. The summed E-state index contributed by atoms with van der Waals surface area (Å²) in [6, 6.07) is 7.56. The fraction of sp³-hybridized carbons (Fsp3) is 0.357. The van der Waals surface area contributed by atoms with Crippen molar-refractivity contribution in [1.82, 2.24) is 15.0 Å². The molecule has 106 valence electrons. The van der Waals surface area contributed by atoms with E-state index in [1.54, 1.807) is 19.4 Å². The third-order valence-corrected chi connectivity index (χ3v) is 2.49. The van der Waals surface area contributed by atoms with Gasteiger partial charge in [0.15, 0.2) is 5.82 Å². The highest BCUT2D eigenvalue weighted by molar-refractivity contribution is 5.38. The molecule has 0 aliphatic rings. The van der Waals surface area contributed by atoms with Crippen molar-refractivity contribution < 1.29 is 9.47 Å². The minimum atomic E-state index is 0.346. The molecule has 20 heavy (non-hydrogen) atoms. The minimum Gasteiger partial charge on any atom is -0.478 e. The van der Waals surface area contributed by atoms with Crippen molar-refractivity contribution in [2.45, 2.75) is 20.1 Å². The van der Waals surface area contributed by atoms with Crippen molar-refractivity contribution in [3.63, 3.8) is 0 Å². The second-order valence-electron chi connectivity index (χ2n) is 4.05. The van der Waals surface area contributed by atoms with Crippen LogP contribution in [0.25, 0.3) is 0 Å². The first-order valence-corrected chi connectivity index (χ1v) is 6.45. The monoisotopic (exact) mass is 274 g/mol. The van der Waals surface area contributed by atoms with Crippen LogP contribution in [0.4, 0.5) is 5.82 Å². The second kappa shape index (κ2) is 7.40. The number of methoxy groups -OCH3 is 1. The van der Waals surface area contributed by atoms with Gasteiger partial charge in [-0.25, -0.2) is 4.98 Å². The van der Waals surface area contributed by atoms with E-state index in [2.05, 4.69) is 20.3 Å². The lowest BCUT2D eigenvalue weighted by Gasteiger charge is -2.09. The van der Waals surface area contributed by atoms with Crippen LogP contribution in [0, 0.1) is 0 Å². The number of nitrogens with one attached hydrogen (secondary N) is 1. The molecule has 6 heteroatoms. The topological polar surface area (TPSA) is 69.2 Å². The van der Waals surface area contributed by atoms with Crippen LogP contribution in [-0.2, 0) is 17.9 Å². The van der Waals surface area contributed by atoms with Gasteiger partial charge in [0.25, 0.3) is 0 Å². The van der Waals surface area contributed by atoms with Crippen LogP contribution in [0.2, 0.25) is 0 Å². The summed E-state index contributed by atoms with van der Waals surface area (Å²) >= 11 is 0. The van der Waals surface area contributed by atoms with E-state index in [9.17, 15) is 0 Å². The maximum atomic E-state index is 5.42. The summed E-state index contributed by atoms with van der Waals surface area (Å²) in [6.45, 7) is 3.41. The molecular formula is C14H18N4O2. The van der Waals surface area contributed by atoms with Crippen LogP contribution < -0.4 is 10.1 Å². The van der Waals surface area contributed by atoms with E-state index in [0.29, 0.717) is 37.3 Å². The number of anilines is 1. The molecule has 0 fully saturated rings. The summed E-state index contributed by atoms with van der Waals surface area (Å²) < 4.78 is 10.5. The third kappa shape index (κ3) is 4.17. The molecule has 0 saturated carbocycles. The predicted molar refractivity (Wildman–Crippen MR) is 75.5 cm³/mol. The fourth-order valence-electron chi connectivity index (χ4n) is 1.66. The standard InChI is InChI=1S/C14H18N4O2/c1-3-20-14-8-12(17-13(18-14)10-19-2)16-9-11-6-4-5-7-15-11/h4-8H,3,9-10H2,1-2H3,(H,16,17,18). The molecule has 1 N–H and O–H groups in total. The first-order valence-electron chi connectivity index (χ1n) is 6.45. The normalized spacial score (nSPS) is 10.3. The molecule has 2 heterocycles. The number of hydrogen-bond acceptors (Lipinski definition) is 6. The molecule has 6 nitrogen and oxygen atoms in total. The lowest BCUT2D eigenvalue weighted by atomic mass is 10.3. The van der Waals surface area contributed by atoms with Crippen LogP contribution in [0.5, 0.6) is 5.88 Å². The molecule has 0 aliphatic carbocycles. The highest BCUT2D eigenvalue weighted by Crippen LogP contribution is 2.14. The lowest BCUT2D eigenvalue weighted by molar-refractivity contribution is 0.176. The van der Waals surface area contributed by atoms with Crippen LogP contribution in [-0.4, -0.2) is 28.7 Å². The zero-order valence-electron chi connectivity index (χ0n) is 11.7. The van der Waals surface area contributed by atoms with Crippen LogP contribution >= 0.6 is 0 Å². The van der Waals surface area contributed by atoms with Gasteiger partial charge in [-0.1, -0.05) is 6.07 Å². The van der Waals surface area contributed by atoms with Gasteiger partial charge in [0.05, 0.1) is 18.8 Å².